The summed E-state index contributed by atoms with van der Waals surface area (Å²) < 4.78 is 45.9. The van der Waals surface area contributed by atoms with E-state index in [-0.39, 0.29) is 42.6 Å². The molecule has 2 aliphatic rings. The second-order valence-electron chi connectivity index (χ2n) is 9.50. The Morgan fingerprint density at radius 3 is 2.64 bits per heavy atom. The van der Waals surface area contributed by atoms with Crippen LogP contribution in [0.3, 0.4) is 0 Å². The average Bonchev–Trinajstić information content (AvgIpc) is 3.64. The third-order valence-electron chi connectivity index (χ3n) is 7.08. The predicted octanol–water partition coefficient (Wildman–Crippen LogP) is 4.78. The number of hydrogen-bond acceptors (Lipinski definition) is 7. The van der Waals surface area contributed by atoms with Crippen molar-refractivity contribution in [2.75, 3.05) is 40.0 Å². The lowest BCUT2D eigenvalue weighted by atomic mass is 10.0. The van der Waals surface area contributed by atoms with E-state index in [1.54, 1.807) is 23.3 Å². The van der Waals surface area contributed by atoms with Gasteiger partial charge in [-0.05, 0) is 72.7 Å². The molecular weight excluding hydrogens is 560 g/mol. The van der Waals surface area contributed by atoms with Crippen LogP contribution in [0.4, 0.5) is 0 Å². The zero-order valence-electron chi connectivity index (χ0n) is 21.6. The number of thiophene rings is 1. The summed E-state index contributed by atoms with van der Waals surface area (Å²) in [6.07, 6.45) is 2.06. The number of carbonyl (C=O) groups excluding carboxylic acids is 1. The number of fused-ring (bicyclic) bond motifs is 1. The van der Waals surface area contributed by atoms with Crippen LogP contribution in [0.15, 0.2) is 64.9 Å². The fourth-order valence-corrected chi connectivity index (χ4v) is 7.52. The molecule has 3 heterocycles. The van der Waals surface area contributed by atoms with E-state index in [9.17, 15) is 13.2 Å². The number of hydrogen-bond donors (Lipinski definition) is 0. The lowest BCUT2D eigenvalue weighted by Crippen LogP contribution is -2.49. The van der Waals surface area contributed by atoms with Crippen LogP contribution in [-0.4, -0.2) is 69.6 Å². The van der Waals surface area contributed by atoms with Crippen LogP contribution < -0.4 is 9.47 Å². The van der Waals surface area contributed by atoms with Crippen molar-refractivity contribution in [3.63, 3.8) is 0 Å². The summed E-state index contributed by atoms with van der Waals surface area (Å²) in [4.78, 5) is 16.9. The standard InChI is InChI=1S/C28H31ClN2O6S2/c1-35-25-6-2-3-7-26(25)37-19-24-23-13-16-38-27(23)12-14-31(24)28(32)18-30(17-21-5-4-15-36-21)39(33,34)22-10-8-20(29)9-11-22/h2-3,6-11,13,16,21,24H,4-5,12,14-15,17-19H2,1H3. The van der Waals surface area contributed by atoms with Crippen molar-refractivity contribution in [3.8, 4) is 11.5 Å². The van der Waals surface area contributed by atoms with E-state index in [0.717, 1.165) is 18.4 Å². The van der Waals surface area contributed by atoms with E-state index < -0.39 is 10.0 Å². The van der Waals surface area contributed by atoms with Crippen molar-refractivity contribution in [1.82, 2.24) is 9.21 Å². The van der Waals surface area contributed by atoms with Crippen molar-refractivity contribution < 1.29 is 27.4 Å². The molecule has 0 radical (unpaired) electrons. The Balaban J connectivity index is 1.39. The topological polar surface area (TPSA) is 85.4 Å². The molecule has 1 amide bonds. The fraction of sp³-hybridized carbons (Fsp3) is 0.393. The molecule has 2 atom stereocenters. The summed E-state index contributed by atoms with van der Waals surface area (Å²) in [6.45, 7) is 1.08. The van der Waals surface area contributed by atoms with E-state index in [2.05, 4.69) is 0 Å². The third-order valence-corrected chi connectivity index (χ3v) is 10.1. The molecule has 0 spiro atoms. The van der Waals surface area contributed by atoms with Gasteiger partial charge in [0.05, 0.1) is 30.7 Å². The highest BCUT2D eigenvalue weighted by atomic mass is 35.5. The highest BCUT2D eigenvalue weighted by Gasteiger charge is 2.36. The average molecular weight is 591 g/mol. The van der Waals surface area contributed by atoms with Gasteiger partial charge in [-0.3, -0.25) is 4.79 Å². The predicted molar refractivity (Wildman–Crippen MR) is 150 cm³/mol. The summed E-state index contributed by atoms with van der Waals surface area (Å²) in [5.74, 6) is 0.907. The molecule has 2 aliphatic heterocycles. The Hall–Kier alpha value is -2.63. The van der Waals surface area contributed by atoms with Crippen LogP contribution in [0.5, 0.6) is 11.5 Å². The zero-order valence-corrected chi connectivity index (χ0v) is 24.0. The molecular formula is C28H31ClN2O6S2. The van der Waals surface area contributed by atoms with Crippen LogP contribution >= 0.6 is 22.9 Å². The quantitative estimate of drug-likeness (QED) is 0.338. The number of nitrogens with zero attached hydrogens (tertiary/aromatic N) is 2. The number of methoxy groups -OCH3 is 1. The summed E-state index contributed by atoms with van der Waals surface area (Å²) in [7, 11) is -2.39. The minimum Gasteiger partial charge on any atom is -0.493 e. The third kappa shape index (κ3) is 6.25. The highest BCUT2D eigenvalue weighted by molar-refractivity contribution is 7.89. The first-order valence-electron chi connectivity index (χ1n) is 12.9. The molecule has 0 bridgehead atoms. The summed E-state index contributed by atoms with van der Waals surface area (Å²) in [5, 5.41) is 2.46. The van der Waals surface area contributed by atoms with Crippen LogP contribution in [0.25, 0.3) is 0 Å². The van der Waals surface area contributed by atoms with Crippen LogP contribution in [0.1, 0.15) is 29.3 Å². The molecule has 39 heavy (non-hydrogen) atoms. The molecule has 0 aliphatic carbocycles. The van der Waals surface area contributed by atoms with Gasteiger partial charge in [0.1, 0.15) is 6.61 Å². The van der Waals surface area contributed by atoms with Gasteiger partial charge in [-0.15, -0.1) is 11.3 Å². The Bertz CT molecular complexity index is 1390. The molecule has 1 aromatic heterocycles. The van der Waals surface area contributed by atoms with Gasteiger partial charge in [0.15, 0.2) is 11.5 Å². The molecule has 0 N–H and O–H groups in total. The van der Waals surface area contributed by atoms with Gasteiger partial charge in [0, 0.05) is 29.6 Å². The molecule has 1 fully saturated rings. The van der Waals surface area contributed by atoms with E-state index in [0.29, 0.717) is 36.1 Å². The molecule has 8 nitrogen and oxygen atoms in total. The van der Waals surface area contributed by atoms with E-state index in [1.807, 2.05) is 35.7 Å². The van der Waals surface area contributed by atoms with Gasteiger partial charge in [0.25, 0.3) is 0 Å². The molecule has 2 aromatic carbocycles. The number of amides is 1. The monoisotopic (exact) mass is 590 g/mol. The minimum atomic E-state index is -3.97. The Morgan fingerprint density at radius 1 is 1.15 bits per heavy atom. The van der Waals surface area contributed by atoms with Gasteiger partial charge in [0.2, 0.25) is 15.9 Å². The normalized spacial score (nSPS) is 19.2. The van der Waals surface area contributed by atoms with Crippen LogP contribution in [0.2, 0.25) is 5.02 Å². The maximum absolute atomic E-state index is 13.9. The first kappa shape index (κ1) is 27.9. The van der Waals surface area contributed by atoms with Crippen molar-refractivity contribution >= 4 is 38.9 Å². The molecule has 5 rings (SSSR count). The number of ether oxygens (including phenoxy) is 3. The van der Waals surface area contributed by atoms with Crippen molar-refractivity contribution in [2.24, 2.45) is 0 Å². The molecule has 0 saturated carbocycles. The first-order valence-corrected chi connectivity index (χ1v) is 15.6. The second kappa shape index (κ2) is 12.3. The van der Waals surface area contributed by atoms with Crippen LogP contribution in [0, 0.1) is 0 Å². The number of sulfonamides is 1. The maximum Gasteiger partial charge on any atom is 0.243 e. The Labute approximate surface area is 238 Å². The molecule has 11 heteroatoms. The number of benzene rings is 2. The number of carbonyl (C=O) groups is 1. The summed E-state index contributed by atoms with van der Waals surface area (Å²) >= 11 is 7.66. The van der Waals surface area contributed by atoms with Gasteiger partial charge >= 0.3 is 0 Å². The van der Waals surface area contributed by atoms with Crippen molar-refractivity contribution in [2.45, 2.75) is 36.3 Å². The summed E-state index contributed by atoms with van der Waals surface area (Å²) in [6, 6.07) is 15.0. The summed E-state index contributed by atoms with van der Waals surface area (Å²) in [5.41, 5.74) is 1.03. The second-order valence-corrected chi connectivity index (χ2v) is 12.9. The number of para-hydroxylation sites is 2. The number of halogens is 1. The first-order chi connectivity index (χ1) is 18.9. The SMILES string of the molecule is COc1ccccc1OCC1c2ccsc2CCN1C(=O)CN(CC1CCCO1)S(=O)(=O)c1ccc(Cl)cc1. The molecule has 208 valence electrons. The van der Waals surface area contributed by atoms with Crippen molar-refractivity contribution in [1.29, 1.82) is 0 Å². The molecule has 1 saturated heterocycles. The molecule has 2 unspecified atom stereocenters. The Kier molecular flexibility index (Phi) is 8.78. The van der Waals surface area contributed by atoms with E-state index >= 15 is 0 Å². The van der Waals surface area contributed by atoms with Gasteiger partial charge in [-0.25, -0.2) is 8.42 Å². The minimum absolute atomic E-state index is 0.0903. The lowest BCUT2D eigenvalue weighted by Gasteiger charge is -2.37. The van der Waals surface area contributed by atoms with Gasteiger partial charge < -0.3 is 19.1 Å². The highest BCUT2D eigenvalue weighted by Crippen LogP contribution is 2.35. The largest absolute Gasteiger partial charge is 0.493 e. The van der Waals surface area contributed by atoms with E-state index in [4.69, 9.17) is 25.8 Å². The van der Waals surface area contributed by atoms with Gasteiger partial charge in [-0.1, -0.05) is 23.7 Å². The van der Waals surface area contributed by atoms with Crippen molar-refractivity contribution in [3.05, 3.63) is 75.4 Å². The smallest absolute Gasteiger partial charge is 0.243 e. The Morgan fingerprint density at radius 2 is 1.92 bits per heavy atom. The zero-order chi connectivity index (χ0) is 27.4. The van der Waals surface area contributed by atoms with Gasteiger partial charge in [-0.2, -0.15) is 4.31 Å². The number of rotatable bonds is 10. The van der Waals surface area contributed by atoms with Crippen LogP contribution in [-0.2, 0) is 26.0 Å². The van der Waals surface area contributed by atoms with E-state index in [1.165, 1.54) is 33.4 Å². The maximum atomic E-state index is 13.9. The lowest BCUT2D eigenvalue weighted by molar-refractivity contribution is -0.135. The fourth-order valence-electron chi connectivity index (χ4n) is 5.04. The molecule has 3 aromatic rings.